The maximum atomic E-state index is 12.5. The number of fused-ring (bicyclic) bond motifs is 1. The van der Waals surface area contributed by atoms with E-state index in [2.05, 4.69) is 39.8 Å². The summed E-state index contributed by atoms with van der Waals surface area (Å²) >= 11 is 1.59. The van der Waals surface area contributed by atoms with Crippen LogP contribution in [0.3, 0.4) is 0 Å². The van der Waals surface area contributed by atoms with Crippen LogP contribution in [-0.4, -0.2) is 54.0 Å². The first-order chi connectivity index (χ1) is 11.4. The molecule has 0 amide bonds. The van der Waals surface area contributed by atoms with E-state index < -0.39 is 6.61 Å². The van der Waals surface area contributed by atoms with Gasteiger partial charge in [-0.15, -0.1) is 0 Å². The summed E-state index contributed by atoms with van der Waals surface area (Å²) in [6, 6.07) is 7.80. The van der Waals surface area contributed by atoms with Gasteiger partial charge in [0.15, 0.2) is 0 Å². The van der Waals surface area contributed by atoms with Crippen LogP contribution in [-0.2, 0) is 0 Å². The number of likely N-dealkylation sites (N-methyl/N-ethyl adjacent to an activating group) is 2. The summed E-state index contributed by atoms with van der Waals surface area (Å²) in [5.41, 5.74) is 0. The minimum atomic E-state index is -2.88. The lowest BCUT2D eigenvalue weighted by molar-refractivity contribution is -0.0517. The standard InChI is InChI=1S/C17H23F2N3OS/c1-5-21(3)12(2)11-22(4)24-15-8-6-7-14-13(15)9-10-20-16(14)23-17(18)19/h6-10,12,17H,5,11H2,1-4H3/t12-/m1/s1. The summed E-state index contributed by atoms with van der Waals surface area (Å²) in [7, 11) is 4.13. The van der Waals surface area contributed by atoms with E-state index in [1.165, 1.54) is 6.20 Å². The molecule has 0 unspecified atom stereocenters. The van der Waals surface area contributed by atoms with Gasteiger partial charge in [-0.05, 0) is 57.7 Å². The largest absolute Gasteiger partial charge is 0.416 e. The number of ether oxygens (including phenoxy) is 1. The van der Waals surface area contributed by atoms with Gasteiger partial charge in [-0.1, -0.05) is 13.0 Å². The van der Waals surface area contributed by atoms with Crippen LogP contribution in [0.2, 0.25) is 0 Å². The van der Waals surface area contributed by atoms with Gasteiger partial charge in [-0.2, -0.15) is 8.78 Å². The van der Waals surface area contributed by atoms with Crippen molar-refractivity contribution in [1.82, 2.24) is 14.2 Å². The number of benzene rings is 1. The van der Waals surface area contributed by atoms with Crippen LogP contribution in [0.25, 0.3) is 10.8 Å². The summed E-state index contributed by atoms with van der Waals surface area (Å²) in [6.07, 6.45) is 1.50. The first-order valence-electron chi connectivity index (χ1n) is 7.84. The Balaban J connectivity index is 2.20. The Kier molecular flexibility index (Phi) is 6.77. The minimum Gasteiger partial charge on any atom is -0.416 e. The highest BCUT2D eigenvalue weighted by Crippen LogP contribution is 2.33. The SMILES string of the molecule is CCN(C)[C@H](C)CN(C)Sc1cccc2c(OC(F)F)nccc12. The van der Waals surface area contributed by atoms with E-state index in [4.69, 9.17) is 0 Å². The van der Waals surface area contributed by atoms with Crippen molar-refractivity contribution < 1.29 is 13.5 Å². The van der Waals surface area contributed by atoms with E-state index in [1.807, 2.05) is 25.2 Å². The summed E-state index contributed by atoms with van der Waals surface area (Å²) < 4.78 is 31.7. The second kappa shape index (κ2) is 8.60. The fourth-order valence-corrected chi connectivity index (χ4v) is 3.48. The zero-order chi connectivity index (χ0) is 17.7. The average Bonchev–Trinajstić information content (AvgIpc) is 2.54. The van der Waals surface area contributed by atoms with Gasteiger partial charge in [0.05, 0.1) is 0 Å². The molecule has 0 bridgehead atoms. The van der Waals surface area contributed by atoms with Gasteiger partial charge in [-0.3, -0.25) is 0 Å². The lowest BCUT2D eigenvalue weighted by Gasteiger charge is -2.27. The Hall–Kier alpha value is -1.44. The lowest BCUT2D eigenvalue weighted by atomic mass is 10.2. The molecule has 1 atom stereocenters. The van der Waals surface area contributed by atoms with E-state index >= 15 is 0 Å². The fourth-order valence-electron chi connectivity index (χ4n) is 2.44. The summed E-state index contributed by atoms with van der Waals surface area (Å²) in [4.78, 5) is 7.18. The Morgan fingerprint density at radius 3 is 2.62 bits per heavy atom. The normalized spacial score (nSPS) is 13.2. The lowest BCUT2D eigenvalue weighted by Crippen LogP contribution is -2.36. The third kappa shape index (κ3) is 4.78. The Morgan fingerprint density at radius 2 is 1.96 bits per heavy atom. The summed E-state index contributed by atoms with van der Waals surface area (Å²) in [5, 5.41) is 1.45. The molecular weight excluding hydrogens is 332 g/mol. The van der Waals surface area contributed by atoms with Crippen molar-refractivity contribution in [2.24, 2.45) is 0 Å². The maximum absolute atomic E-state index is 12.5. The molecule has 0 aliphatic heterocycles. The molecule has 2 rings (SSSR count). The van der Waals surface area contributed by atoms with Gasteiger partial charge in [0.2, 0.25) is 5.88 Å². The van der Waals surface area contributed by atoms with Crippen LogP contribution in [0, 0.1) is 0 Å². The van der Waals surface area contributed by atoms with Crippen molar-refractivity contribution in [3.63, 3.8) is 0 Å². The molecule has 132 valence electrons. The molecule has 7 heteroatoms. The first kappa shape index (κ1) is 18.9. The molecule has 2 aromatic rings. The van der Waals surface area contributed by atoms with Crippen LogP contribution in [0.5, 0.6) is 5.88 Å². The van der Waals surface area contributed by atoms with Gasteiger partial charge in [0.1, 0.15) is 0 Å². The number of aromatic nitrogens is 1. The topological polar surface area (TPSA) is 28.6 Å². The number of halogens is 2. The molecule has 0 aliphatic rings. The van der Waals surface area contributed by atoms with Crippen LogP contribution < -0.4 is 4.74 Å². The van der Waals surface area contributed by atoms with Crippen LogP contribution in [0.4, 0.5) is 8.78 Å². The van der Waals surface area contributed by atoms with E-state index in [1.54, 1.807) is 18.0 Å². The van der Waals surface area contributed by atoms with E-state index in [-0.39, 0.29) is 5.88 Å². The highest BCUT2D eigenvalue weighted by molar-refractivity contribution is 7.97. The molecule has 0 fully saturated rings. The van der Waals surface area contributed by atoms with Crippen LogP contribution in [0.1, 0.15) is 13.8 Å². The zero-order valence-electron chi connectivity index (χ0n) is 14.4. The highest BCUT2D eigenvalue weighted by Gasteiger charge is 2.15. The van der Waals surface area contributed by atoms with Crippen molar-refractivity contribution >= 4 is 22.7 Å². The molecule has 1 aromatic heterocycles. The fraction of sp³-hybridized carbons (Fsp3) is 0.471. The molecule has 1 heterocycles. The molecule has 0 radical (unpaired) electrons. The second-order valence-corrected chi connectivity index (χ2v) is 6.92. The Labute approximate surface area is 145 Å². The molecular formula is C17H23F2N3OS. The van der Waals surface area contributed by atoms with Crippen molar-refractivity contribution in [2.75, 3.05) is 27.2 Å². The van der Waals surface area contributed by atoms with Crippen molar-refractivity contribution in [2.45, 2.75) is 31.4 Å². The van der Waals surface area contributed by atoms with Gasteiger partial charge >= 0.3 is 6.61 Å². The molecule has 1 aromatic carbocycles. The molecule has 24 heavy (non-hydrogen) atoms. The number of rotatable bonds is 8. The van der Waals surface area contributed by atoms with Gasteiger partial charge in [0, 0.05) is 34.5 Å². The number of pyridine rings is 1. The molecule has 0 spiro atoms. The van der Waals surface area contributed by atoms with Crippen molar-refractivity contribution in [3.05, 3.63) is 30.5 Å². The second-order valence-electron chi connectivity index (χ2n) is 5.67. The quantitative estimate of drug-likeness (QED) is 0.665. The van der Waals surface area contributed by atoms with Crippen molar-refractivity contribution in [3.8, 4) is 5.88 Å². The first-order valence-corrected chi connectivity index (χ1v) is 8.61. The van der Waals surface area contributed by atoms with Crippen LogP contribution in [0.15, 0.2) is 35.4 Å². The minimum absolute atomic E-state index is 0.0355. The van der Waals surface area contributed by atoms with E-state index in [9.17, 15) is 8.78 Å². The molecule has 0 N–H and O–H groups in total. The summed E-state index contributed by atoms with van der Waals surface area (Å²) in [5.74, 6) is -0.0355. The maximum Gasteiger partial charge on any atom is 0.388 e. The predicted molar refractivity (Wildman–Crippen MR) is 94.6 cm³/mol. The summed E-state index contributed by atoms with van der Waals surface area (Å²) in [6.45, 7) is 3.31. The average molecular weight is 355 g/mol. The number of hydrogen-bond donors (Lipinski definition) is 0. The highest BCUT2D eigenvalue weighted by atomic mass is 32.2. The third-order valence-corrected chi connectivity index (χ3v) is 4.97. The molecule has 0 saturated carbocycles. The van der Waals surface area contributed by atoms with Gasteiger partial charge < -0.3 is 9.64 Å². The van der Waals surface area contributed by atoms with Gasteiger partial charge in [-0.25, -0.2) is 9.29 Å². The number of hydrogen-bond acceptors (Lipinski definition) is 5. The van der Waals surface area contributed by atoms with Crippen molar-refractivity contribution in [1.29, 1.82) is 0 Å². The van der Waals surface area contributed by atoms with Gasteiger partial charge in [0.25, 0.3) is 0 Å². The van der Waals surface area contributed by atoms with Crippen LogP contribution >= 0.6 is 11.9 Å². The van der Waals surface area contributed by atoms with E-state index in [0.717, 1.165) is 23.4 Å². The smallest absolute Gasteiger partial charge is 0.388 e. The predicted octanol–water partition coefficient (Wildman–Crippen LogP) is 4.12. The molecule has 0 saturated heterocycles. The number of alkyl halides is 2. The Morgan fingerprint density at radius 1 is 1.21 bits per heavy atom. The number of nitrogens with zero attached hydrogens (tertiary/aromatic N) is 3. The van der Waals surface area contributed by atoms with E-state index in [0.29, 0.717) is 11.4 Å². The monoisotopic (exact) mass is 355 g/mol. The zero-order valence-corrected chi connectivity index (χ0v) is 15.2. The third-order valence-electron chi connectivity index (χ3n) is 3.96. The molecule has 0 aliphatic carbocycles. The Bertz CT molecular complexity index is 671. The molecule has 4 nitrogen and oxygen atoms in total.